The number of hydrogen-bond donors (Lipinski definition) is 2. The number of alkyl halides is 3. The van der Waals surface area contributed by atoms with Gasteiger partial charge in [0, 0.05) is 25.2 Å². The highest BCUT2D eigenvalue weighted by Crippen LogP contribution is 2.34. The number of halogens is 3. The molecule has 3 rings (SSSR count). The SMILES string of the molecule is COc1ccc(NC(=O)N2CCCC2C(=O)NCC(F)(F)F)cc1N1CCCCC1=O. The van der Waals surface area contributed by atoms with E-state index in [9.17, 15) is 27.6 Å². The van der Waals surface area contributed by atoms with E-state index in [2.05, 4.69) is 5.32 Å². The maximum absolute atomic E-state index is 12.7. The van der Waals surface area contributed by atoms with Gasteiger partial charge >= 0.3 is 12.2 Å². The molecule has 2 heterocycles. The summed E-state index contributed by atoms with van der Waals surface area (Å²) in [5.74, 6) is -0.382. The molecule has 1 aromatic carbocycles. The van der Waals surface area contributed by atoms with Crippen molar-refractivity contribution in [1.29, 1.82) is 0 Å². The van der Waals surface area contributed by atoms with Crippen LogP contribution in [0.1, 0.15) is 32.1 Å². The molecule has 4 amide bonds. The lowest BCUT2D eigenvalue weighted by Crippen LogP contribution is -2.49. The van der Waals surface area contributed by atoms with Gasteiger partial charge in [-0.25, -0.2) is 4.79 Å². The highest BCUT2D eigenvalue weighted by molar-refractivity contribution is 5.98. The van der Waals surface area contributed by atoms with E-state index < -0.39 is 30.7 Å². The van der Waals surface area contributed by atoms with Crippen molar-refractivity contribution >= 4 is 29.2 Å². The number of ether oxygens (including phenoxy) is 1. The minimum Gasteiger partial charge on any atom is -0.495 e. The number of amides is 4. The molecule has 170 valence electrons. The van der Waals surface area contributed by atoms with E-state index in [-0.39, 0.29) is 18.9 Å². The van der Waals surface area contributed by atoms with Crippen LogP contribution in [0.4, 0.5) is 29.3 Å². The molecule has 2 N–H and O–H groups in total. The molecule has 8 nitrogen and oxygen atoms in total. The van der Waals surface area contributed by atoms with Crippen LogP contribution in [0.2, 0.25) is 0 Å². The fourth-order valence-electron chi connectivity index (χ4n) is 3.82. The van der Waals surface area contributed by atoms with Crippen molar-refractivity contribution < 1.29 is 32.3 Å². The minimum absolute atomic E-state index is 0.0334. The number of carbonyl (C=O) groups is 3. The zero-order valence-electron chi connectivity index (χ0n) is 17.1. The number of urea groups is 1. The summed E-state index contributed by atoms with van der Waals surface area (Å²) in [6, 6.07) is 3.29. The van der Waals surface area contributed by atoms with Crippen molar-refractivity contribution in [1.82, 2.24) is 10.2 Å². The van der Waals surface area contributed by atoms with Crippen molar-refractivity contribution in [2.24, 2.45) is 0 Å². The molecule has 31 heavy (non-hydrogen) atoms. The summed E-state index contributed by atoms with van der Waals surface area (Å²) in [6.07, 6.45) is -1.62. The zero-order valence-corrected chi connectivity index (χ0v) is 17.1. The molecule has 2 saturated heterocycles. The quantitative estimate of drug-likeness (QED) is 0.734. The Morgan fingerprint density at radius 1 is 1.19 bits per heavy atom. The summed E-state index contributed by atoms with van der Waals surface area (Å²) in [5.41, 5.74) is 0.923. The molecule has 1 aromatic rings. The topological polar surface area (TPSA) is 91.0 Å². The van der Waals surface area contributed by atoms with E-state index >= 15 is 0 Å². The maximum atomic E-state index is 12.7. The number of hydrogen-bond acceptors (Lipinski definition) is 4. The number of piperidine rings is 1. The lowest BCUT2D eigenvalue weighted by molar-refractivity contribution is -0.140. The van der Waals surface area contributed by atoms with Crippen molar-refractivity contribution in [3.8, 4) is 5.75 Å². The van der Waals surface area contributed by atoms with Crippen LogP contribution < -0.4 is 20.3 Å². The Bertz CT molecular complexity index is 846. The lowest BCUT2D eigenvalue weighted by atomic mass is 10.1. The fraction of sp³-hybridized carbons (Fsp3) is 0.550. The predicted molar refractivity (Wildman–Crippen MR) is 107 cm³/mol. The van der Waals surface area contributed by atoms with Crippen LogP contribution in [0, 0.1) is 0 Å². The molecular formula is C20H25F3N4O4. The van der Waals surface area contributed by atoms with Crippen molar-refractivity contribution in [3.63, 3.8) is 0 Å². The van der Waals surface area contributed by atoms with Gasteiger partial charge in [0.25, 0.3) is 0 Å². The molecule has 0 radical (unpaired) electrons. The van der Waals surface area contributed by atoms with E-state index in [0.29, 0.717) is 36.5 Å². The molecule has 2 aliphatic heterocycles. The molecule has 0 aliphatic carbocycles. The fourth-order valence-corrected chi connectivity index (χ4v) is 3.82. The second-order valence-electron chi connectivity index (χ2n) is 7.50. The van der Waals surface area contributed by atoms with Gasteiger partial charge in [-0.1, -0.05) is 0 Å². The lowest BCUT2D eigenvalue weighted by Gasteiger charge is -2.29. The van der Waals surface area contributed by atoms with Gasteiger partial charge in [0.1, 0.15) is 18.3 Å². The molecule has 0 spiro atoms. The molecule has 11 heteroatoms. The van der Waals surface area contributed by atoms with Crippen LogP contribution in [0.25, 0.3) is 0 Å². The highest BCUT2D eigenvalue weighted by atomic mass is 19.4. The first-order valence-corrected chi connectivity index (χ1v) is 10.1. The second-order valence-corrected chi connectivity index (χ2v) is 7.50. The van der Waals surface area contributed by atoms with E-state index in [1.54, 1.807) is 23.1 Å². The molecule has 0 saturated carbocycles. The highest BCUT2D eigenvalue weighted by Gasteiger charge is 2.36. The van der Waals surface area contributed by atoms with Gasteiger partial charge in [0.2, 0.25) is 11.8 Å². The first-order valence-electron chi connectivity index (χ1n) is 10.1. The first kappa shape index (κ1) is 22.7. The number of methoxy groups -OCH3 is 1. The van der Waals surface area contributed by atoms with E-state index in [4.69, 9.17) is 4.74 Å². The van der Waals surface area contributed by atoms with Crippen LogP contribution in [0.5, 0.6) is 5.75 Å². The van der Waals surface area contributed by atoms with Gasteiger partial charge in [-0.05, 0) is 43.9 Å². The van der Waals surface area contributed by atoms with E-state index in [1.807, 2.05) is 5.32 Å². The second kappa shape index (κ2) is 9.44. The number of anilines is 2. The van der Waals surface area contributed by atoms with Crippen LogP contribution in [0.3, 0.4) is 0 Å². The van der Waals surface area contributed by atoms with Gasteiger partial charge in [0.15, 0.2) is 0 Å². The van der Waals surface area contributed by atoms with Crippen LogP contribution in [-0.4, -0.2) is 61.7 Å². The van der Waals surface area contributed by atoms with Gasteiger partial charge in [-0.2, -0.15) is 13.2 Å². The van der Waals surface area contributed by atoms with E-state index in [1.165, 1.54) is 12.0 Å². The summed E-state index contributed by atoms with van der Waals surface area (Å²) in [7, 11) is 1.49. The van der Waals surface area contributed by atoms with Gasteiger partial charge in [-0.3, -0.25) is 9.59 Å². The number of likely N-dealkylation sites (tertiary alicyclic amines) is 1. The number of nitrogens with one attached hydrogen (secondary N) is 2. The molecule has 0 bridgehead atoms. The number of rotatable bonds is 5. The normalized spacial score (nSPS) is 19.4. The summed E-state index contributed by atoms with van der Waals surface area (Å²) >= 11 is 0. The Balaban J connectivity index is 1.71. The maximum Gasteiger partial charge on any atom is 0.405 e. The van der Waals surface area contributed by atoms with Crippen molar-refractivity contribution in [3.05, 3.63) is 18.2 Å². The van der Waals surface area contributed by atoms with Crippen molar-refractivity contribution in [2.75, 3.05) is 37.0 Å². The molecule has 0 aromatic heterocycles. The average molecular weight is 442 g/mol. The van der Waals surface area contributed by atoms with Gasteiger partial charge in [0.05, 0.1) is 12.8 Å². The number of carbonyl (C=O) groups excluding carboxylic acids is 3. The molecular weight excluding hydrogens is 417 g/mol. The number of nitrogens with zero attached hydrogens (tertiary/aromatic N) is 2. The van der Waals surface area contributed by atoms with E-state index in [0.717, 1.165) is 12.8 Å². The Morgan fingerprint density at radius 3 is 2.65 bits per heavy atom. The Labute approximate surface area is 177 Å². The molecule has 1 atom stereocenters. The Kier molecular flexibility index (Phi) is 6.91. The predicted octanol–water partition coefficient (Wildman–Crippen LogP) is 2.89. The van der Waals surface area contributed by atoms with Crippen LogP contribution >= 0.6 is 0 Å². The third-order valence-corrected chi connectivity index (χ3v) is 5.32. The van der Waals surface area contributed by atoms with Crippen LogP contribution in [-0.2, 0) is 9.59 Å². The summed E-state index contributed by atoms with van der Waals surface area (Å²) in [5, 5.41) is 4.52. The standard InChI is InChI=1S/C20H25F3N4O4/c1-31-16-8-7-13(11-15(16)26-9-3-2-6-17(26)28)25-19(30)27-10-4-5-14(27)18(29)24-12-20(21,22)23/h7-8,11,14H,2-6,9-10,12H2,1H3,(H,24,29)(H,25,30). The Hall–Kier alpha value is -2.98. The molecule has 2 aliphatic rings. The monoisotopic (exact) mass is 442 g/mol. The van der Waals surface area contributed by atoms with Gasteiger partial charge in [-0.15, -0.1) is 0 Å². The smallest absolute Gasteiger partial charge is 0.405 e. The summed E-state index contributed by atoms with van der Waals surface area (Å²) in [6.45, 7) is -0.646. The average Bonchev–Trinajstić information content (AvgIpc) is 3.22. The summed E-state index contributed by atoms with van der Waals surface area (Å²) in [4.78, 5) is 40.0. The Morgan fingerprint density at radius 2 is 1.97 bits per heavy atom. The first-order chi connectivity index (χ1) is 14.7. The largest absolute Gasteiger partial charge is 0.495 e. The zero-order chi connectivity index (χ0) is 22.6. The molecule has 2 fully saturated rings. The third-order valence-electron chi connectivity index (χ3n) is 5.32. The van der Waals surface area contributed by atoms with Gasteiger partial charge < -0.3 is 25.2 Å². The number of benzene rings is 1. The summed E-state index contributed by atoms with van der Waals surface area (Å²) < 4.78 is 42.5. The molecule has 1 unspecified atom stereocenters. The van der Waals surface area contributed by atoms with Crippen molar-refractivity contribution in [2.45, 2.75) is 44.3 Å². The minimum atomic E-state index is -4.52. The third kappa shape index (κ3) is 5.59. The van der Waals surface area contributed by atoms with Crippen LogP contribution in [0.15, 0.2) is 18.2 Å².